The van der Waals surface area contributed by atoms with Crippen molar-refractivity contribution in [2.75, 3.05) is 47.1 Å². The van der Waals surface area contributed by atoms with Gasteiger partial charge in [-0.2, -0.15) is 0 Å². The van der Waals surface area contributed by atoms with Gasteiger partial charge in [0.05, 0.1) is 5.60 Å². The topological polar surface area (TPSA) is 64.1 Å². The Morgan fingerprint density at radius 3 is 2.50 bits per heavy atom. The number of nitrogens with one attached hydrogen (secondary N) is 2. The van der Waals surface area contributed by atoms with E-state index >= 15 is 0 Å². The predicted octanol–water partition coefficient (Wildman–Crippen LogP) is 2.81. The summed E-state index contributed by atoms with van der Waals surface area (Å²) in [5.41, 5.74) is 0.00765. The molecule has 154 valence electrons. The first kappa shape index (κ1) is 23.9. The monoisotopic (exact) mass is 483 g/mol. The van der Waals surface area contributed by atoms with Crippen LogP contribution in [0.1, 0.15) is 46.5 Å². The summed E-state index contributed by atoms with van der Waals surface area (Å²) < 4.78 is 16.9. The van der Waals surface area contributed by atoms with Gasteiger partial charge in [0, 0.05) is 58.6 Å². The van der Waals surface area contributed by atoms with Gasteiger partial charge in [-0.15, -0.1) is 24.0 Å². The summed E-state index contributed by atoms with van der Waals surface area (Å²) in [7, 11) is 3.61. The molecule has 1 aliphatic heterocycles. The second kappa shape index (κ2) is 11.0. The Bertz CT molecular complexity index is 442. The van der Waals surface area contributed by atoms with Crippen molar-refractivity contribution in [1.29, 1.82) is 0 Å². The Kier molecular flexibility index (Phi) is 10.1. The quantitative estimate of drug-likeness (QED) is 0.241. The van der Waals surface area contributed by atoms with Gasteiger partial charge in [-0.3, -0.25) is 4.99 Å². The molecule has 0 aromatic rings. The minimum atomic E-state index is -0.0679. The molecule has 2 aliphatic rings. The maximum Gasteiger partial charge on any atom is 0.191 e. The Morgan fingerprint density at radius 2 is 1.92 bits per heavy atom. The van der Waals surface area contributed by atoms with Crippen molar-refractivity contribution in [3.63, 3.8) is 0 Å². The SMILES string of the molecule is CN=C(NCCCOCC1CCOCC1)NC1CC(C)(OC)C1(C)C.I. The zero-order chi connectivity index (χ0) is 18.3. The van der Waals surface area contributed by atoms with Crippen LogP contribution in [0.15, 0.2) is 4.99 Å². The molecular weight excluding hydrogens is 445 g/mol. The Hall–Kier alpha value is -0.120. The van der Waals surface area contributed by atoms with Gasteiger partial charge in [0.2, 0.25) is 0 Å². The predicted molar refractivity (Wildman–Crippen MR) is 116 cm³/mol. The molecule has 1 aliphatic carbocycles. The Morgan fingerprint density at radius 1 is 1.23 bits per heavy atom. The van der Waals surface area contributed by atoms with E-state index in [2.05, 4.69) is 36.4 Å². The van der Waals surface area contributed by atoms with Crippen LogP contribution in [0.4, 0.5) is 0 Å². The molecule has 2 atom stereocenters. The molecular formula is C19H38IN3O3. The average Bonchev–Trinajstić information content (AvgIpc) is 2.63. The molecule has 26 heavy (non-hydrogen) atoms. The van der Waals surface area contributed by atoms with Crippen LogP contribution in [0, 0.1) is 11.3 Å². The lowest BCUT2D eigenvalue weighted by Gasteiger charge is -2.59. The van der Waals surface area contributed by atoms with Crippen molar-refractivity contribution in [2.45, 2.75) is 58.1 Å². The minimum Gasteiger partial charge on any atom is -0.381 e. The molecule has 0 aromatic heterocycles. The van der Waals surface area contributed by atoms with Crippen LogP contribution in [0.5, 0.6) is 0 Å². The van der Waals surface area contributed by atoms with Crippen molar-refractivity contribution >= 4 is 29.9 Å². The van der Waals surface area contributed by atoms with Crippen LogP contribution in [-0.2, 0) is 14.2 Å². The Balaban J connectivity index is 0.00000338. The molecule has 2 fully saturated rings. The fourth-order valence-corrected chi connectivity index (χ4v) is 3.63. The summed E-state index contributed by atoms with van der Waals surface area (Å²) in [4.78, 5) is 4.34. The molecule has 2 rings (SSSR count). The molecule has 0 bridgehead atoms. The highest BCUT2D eigenvalue weighted by Crippen LogP contribution is 2.51. The van der Waals surface area contributed by atoms with Crippen molar-refractivity contribution in [2.24, 2.45) is 16.3 Å². The smallest absolute Gasteiger partial charge is 0.191 e. The first-order valence-corrected chi connectivity index (χ1v) is 9.61. The second-order valence-electron chi connectivity index (χ2n) is 8.04. The molecule has 2 N–H and O–H groups in total. The summed E-state index contributed by atoms with van der Waals surface area (Å²) in [6, 6.07) is 0.369. The molecule has 1 saturated heterocycles. The van der Waals surface area contributed by atoms with Crippen LogP contribution in [0.2, 0.25) is 0 Å². The van der Waals surface area contributed by atoms with Crippen molar-refractivity contribution in [3.05, 3.63) is 0 Å². The lowest BCUT2D eigenvalue weighted by atomic mass is 9.56. The number of nitrogens with zero attached hydrogens (tertiary/aromatic N) is 1. The van der Waals surface area contributed by atoms with Crippen LogP contribution in [-0.4, -0.2) is 64.7 Å². The third kappa shape index (κ3) is 5.94. The highest BCUT2D eigenvalue weighted by atomic mass is 127. The van der Waals surface area contributed by atoms with Crippen LogP contribution in [0.25, 0.3) is 0 Å². The molecule has 6 nitrogen and oxygen atoms in total. The van der Waals surface area contributed by atoms with Gasteiger partial charge < -0.3 is 24.8 Å². The number of hydrogen-bond acceptors (Lipinski definition) is 4. The summed E-state index contributed by atoms with van der Waals surface area (Å²) in [6.07, 6.45) is 4.23. The van der Waals surface area contributed by atoms with Gasteiger partial charge in [0.15, 0.2) is 5.96 Å². The van der Waals surface area contributed by atoms with Crippen molar-refractivity contribution in [1.82, 2.24) is 10.6 Å². The lowest BCUT2D eigenvalue weighted by molar-refractivity contribution is -0.176. The van der Waals surface area contributed by atoms with E-state index in [9.17, 15) is 0 Å². The van der Waals surface area contributed by atoms with E-state index in [0.717, 1.165) is 64.6 Å². The molecule has 0 radical (unpaired) electrons. The van der Waals surface area contributed by atoms with Crippen LogP contribution in [0.3, 0.4) is 0 Å². The summed E-state index contributed by atoms with van der Waals surface area (Å²) in [6.45, 7) is 11.0. The van der Waals surface area contributed by atoms with Gasteiger partial charge in [-0.05, 0) is 38.5 Å². The fraction of sp³-hybridized carbons (Fsp3) is 0.947. The van der Waals surface area contributed by atoms with Crippen molar-refractivity contribution in [3.8, 4) is 0 Å². The maximum absolute atomic E-state index is 5.80. The van der Waals surface area contributed by atoms with Gasteiger partial charge in [-0.25, -0.2) is 0 Å². The van der Waals surface area contributed by atoms with E-state index < -0.39 is 0 Å². The van der Waals surface area contributed by atoms with Gasteiger partial charge in [0.25, 0.3) is 0 Å². The van der Waals surface area contributed by atoms with E-state index in [1.807, 2.05) is 7.05 Å². The highest BCUT2D eigenvalue weighted by Gasteiger charge is 2.58. The van der Waals surface area contributed by atoms with Gasteiger partial charge >= 0.3 is 0 Å². The average molecular weight is 483 g/mol. The minimum absolute atomic E-state index is 0. The lowest BCUT2D eigenvalue weighted by Crippen LogP contribution is -2.69. The molecule has 0 spiro atoms. The number of guanidine groups is 1. The largest absolute Gasteiger partial charge is 0.381 e. The number of rotatable bonds is 8. The van der Waals surface area contributed by atoms with E-state index in [-0.39, 0.29) is 35.0 Å². The van der Waals surface area contributed by atoms with Crippen LogP contribution < -0.4 is 10.6 Å². The molecule has 2 unspecified atom stereocenters. The fourth-order valence-electron chi connectivity index (χ4n) is 3.63. The zero-order valence-electron chi connectivity index (χ0n) is 17.1. The zero-order valence-corrected chi connectivity index (χ0v) is 19.4. The molecule has 0 amide bonds. The molecule has 7 heteroatoms. The number of halogens is 1. The first-order chi connectivity index (χ1) is 11.9. The third-order valence-electron chi connectivity index (χ3n) is 6.27. The first-order valence-electron chi connectivity index (χ1n) is 9.61. The standard InChI is InChI=1S/C19H37N3O3.HI/c1-18(2)16(13-19(18,3)23-5)22-17(20-4)21-9-6-10-25-14-15-7-11-24-12-8-15;/h15-16H,6-14H2,1-5H3,(H2,20,21,22);1H. The van der Waals surface area contributed by atoms with Crippen molar-refractivity contribution < 1.29 is 14.2 Å². The van der Waals surface area contributed by atoms with E-state index in [4.69, 9.17) is 14.2 Å². The molecule has 1 heterocycles. The van der Waals surface area contributed by atoms with Gasteiger partial charge in [-0.1, -0.05) is 13.8 Å². The van der Waals surface area contributed by atoms with Gasteiger partial charge in [0.1, 0.15) is 0 Å². The molecule has 0 aromatic carbocycles. The summed E-state index contributed by atoms with van der Waals surface area (Å²) in [5.74, 6) is 1.53. The van der Waals surface area contributed by atoms with E-state index in [1.165, 1.54) is 0 Å². The normalized spacial score (nSPS) is 28.8. The molecule has 1 saturated carbocycles. The third-order valence-corrected chi connectivity index (χ3v) is 6.27. The van der Waals surface area contributed by atoms with Crippen LogP contribution >= 0.6 is 24.0 Å². The number of methoxy groups -OCH3 is 1. The highest BCUT2D eigenvalue weighted by molar-refractivity contribution is 14.0. The number of aliphatic imine (C=N–C) groups is 1. The maximum atomic E-state index is 5.80. The number of ether oxygens (including phenoxy) is 3. The number of hydrogen-bond donors (Lipinski definition) is 2. The Labute approximate surface area is 176 Å². The summed E-state index contributed by atoms with van der Waals surface area (Å²) >= 11 is 0. The summed E-state index contributed by atoms with van der Waals surface area (Å²) in [5, 5.41) is 6.92. The van der Waals surface area contributed by atoms with E-state index in [1.54, 1.807) is 7.11 Å². The second-order valence-corrected chi connectivity index (χ2v) is 8.04. The van der Waals surface area contributed by atoms with E-state index in [0.29, 0.717) is 12.0 Å².